The second-order valence-corrected chi connectivity index (χ2v) is 6.82. The Kier molecular flexibility index (Phi) is 8.23. The zero-order valence-corrected chi connectivity index (χ0v) is 17.4. The van der Waals surface area contributed by atoms with Gasteiger partial charge in [-0.3, -0.25) is 9.59 Å². The van der Waals surface area contributed by atoms with E-state index in [4.69, 9.17) is 4.74 Å². The Hall–Kier alpha value is -4.31. The molecule has 0 bridgehead atoms. The van der Waals surface area contributed by atoms with Gasteiger partial charge >= 0.3 is 5.97 Å². The first-order valence-corrected chi connectivity index (χ1v) is 10.1. The Morgan fingerprint density at radius 3 is 1.22 bits per heavy atom. The first kappa shape index (κ1) is 22.4. The molecule has 4 aromatic rings. The van der Waals surface area contributed by atoms with Crippen LogP contribution in [0.3, 0.4) is 0 Å². The molecule has 0 unspecified atom stereocenters. The average molecular weight is 422 g/mol. The Labute approximate surface area is 187 Å². The van der Waals surface area contributed by atoms with Crippen molar-refractivity contribution in [3.63, 3.8) is 0 Å². The molecule has 0 aliphatic rings. The van der Waals surface area contributed by atoms with Crippen LogP contribution in [0.15, 0.2) is 121 Å². The summed E-state index contributed by atoms with van der Waals surface area (Å²) in [6.45, 7) is 0.314. The molecule has 4 rings (SSSR count). The van der Waals surface area contributed by atoms with Gasteiger partial charge in [0.05, 0.1) is 5.56 Å². The van der Waals surface area contributed by atoms with E-state index >= 15 is 0 Å². The van der Waals surface area contributed by atoms with Gasteiger partial charge in [0, 0.05) is 11.1 Å². The molecular weight excluding hydrogens is 400 g/mol. The van der Waals surface area contributed by atoms with Gasteiger partial charge in [-0.2, -0.15) is 0 Å². The normalized spacial score (nSPS) is 9.75. The highest BCUT2D eigenvalue weighted by molar-refractivity contribution is 6.49. The van der Waals surface area contributed by atoms with Crippen LogP contribution in [0.5, 0.6) is 0 Å². The van der Waals surface area contributed by atoms with E-state index in [0.29, 0.717) is 23.3 Å². The molecule has 0 atom stereocenters. The lowest BCUT2D eigenvalue weighted by atomic mass is 10.0. The molecule has 32 heavy (non-hydrogen) atoms. The fraction of sp³-hybridized carbons (Fsp3) is 0.0357. The minimum absolute atomic E-state index is 0.288. The lowest BCUT2D eigenvalue weighted by Crippen LogP contribution is -2.14. The van der Waals surface area contributed by atoms with Crippen molar-refractivity contribution in [1.82, 2.24) is 0 Å². The first-order valence-electron chi connectivity index (χ1n) is 10.1. The molecule has 0 spiro atoms. The van der Waals surface area contributed by atoms with E-state index < -0.39 is 11.6 Å². The SMILES string of the molecule is O=C(C(=O)c1ccccc1)c1ccccc1.O=C(OCc1ccccc1)c1ccccc1. The fourth-order valence-corrected chi connectivity index (χ4v) is 2.82. The molecule has 0 N–H and O–H groups in total. The van der Waals surface area contributed by atoms with Crippen LogP contribution in [0, 0.1) is 0 Å². The summed E-state index contributed by atoms with van der Waals surface area (Å²) >= 11 is 0. The van der Waals surface area contributed by atoms with Gasteiger partial charge in [-0.05, 0) is 17.7 Å². The quantitative estimate of drug-likeness (QED) is 0.224. The molecular formula is C28H22O4. The summed E-state index contributed by atoms with van der Waals surface area (Å²) < 4.78 is 5.18. The van der Waals surface area contributed by atoms with Crippen molar-refractivity contribution in [2.75, 3.05) is 0 Å². The van der Waals surface area contributed by atoms with Crippen LogP contribution in [0.25, 0.3) is 0 Å². The summed E-state index contributed by atoms with van der Waals surface area (Å²) in [5, 5.41) is 0. The third-order valence-electron chi connectivity index (χ3n) is 4.50. The number of Topliss-reactive ketones (excluding diaryl/α,β-unsaturated/α-hetero) is 2. The number of esters is 1. The van der Waals surface area contributed by atoms with Crippen molar-refractivity contribution < 1.29 is 19.1 Å². The Morgan fingerprint density at radius 2 is 0.812 bits per heavy atom. The molecule has 0 saturated heterocycles. The number of ketones is 2. The molecule has 0 aliphatic heterocycles. The zero-order chi connectivity index (χ0) is 22.6. The molecule has 4 heteroatoms. The maximum atomic E-state index is 11.8. The van der Waals surface area contributed by atoms with E-state index in [1.165, 1.54) is 0 Å². The number of hydrogen-bond acceptors (Lipinski definition) is 4. The molecule has 0 heterocycles. The second kappa shape index (κ2) is 11.8. The van der Waals surface area contributed by atoms with E-state index in [1.807, 2.05) is 60.7 Å². The minimum Gasteiger partial charge on any atom is -0.457 e. The summed E-state index contributed by atoms with van der Waals surface area (Å²) in [7, 11) is 0. The van der Waals surface area contributed by atoms with Gasteiger partial charge in [0.25, 0.3) is 0 Å². The van der Waals surface area contributed by atoms with Gasteiger partial charge in [-0.15, -0.1) is 0 Å². The van der Waals surface area contributed by atoms with Crippen molar-refractivity contribution in [3.8, 4) is 0 Å². The van der Waals surface area contributed by atoms with E-state index in [0.717, 1.165) is 5.56 Å². The van der Waals surface area contributed by atoms with Crippen molar-refractivity contribution >= 4 is 17.5 Å². The number of rotatable bonds is 6. The first-order chi connectivity index (χ1) is 15.6. The predicted octanol–water partition coefficient (Wildman–Crippen LogP) is 5.80. The molecule has 0 aliphatic carbocycles. The third-order valence-corrected chi connectivity index (χ3v) is 4.50. The number of carbonyl (C=O) groups is 3. The molecule has 0 saturated carbocycles. The lowest BCUT2D eigenvalue weighted by molar-refractivity contribution is 0.0472. The minimum atomic E-state index is -0.466. The van der Waals surface area contributed by atoms with Crippen LogP contribution in [-0.4, -0.2) is 17.5 Å². The fourth-order valence-electron chi connectivity index (χ4n) is 2.82. The maximum absolute atomic E-state index is 11.8. The molecule has 0 aromatic heterocycles. The van der Waals surface area contributed by atoms with Crippen molar-refractivity contribution in [1.29, 1.82) is 0 Å². The molecule has 4 aromatic carbocycles. The maximum Gasteiger partial charge on any atom is 0.338 e. The molecule has 0 fully saturated rings. The van der Waals surface area contributed by atoms with Crippen LogP contribution in [0.1, 0.15) is 36.6 Å². The summed E-state index contributed by atoms with van der Waals surface area (Å²) in [4.78, 5) is 35.2. The zero-order valence-electron chi connectivity index (χ0n) is 17.4. The van der Waals surface area contributed by atoms with Gasteiger partial charge in [0.1, 0.15) is 6.61 Å². The van der Waals surface area contributed by atoms with E-state index in [-0.39, 0.29) is 5.97 Å². The van der Waals surface area contributed by atoms with E-state index in [2.05, 4.69) is 0 Å². The van der Waals surface area contributed by atoms with Crippen molar-refractivity contribution in [2.24, 2.45) is 0 Å². The number of carbonyl (C=O) groups excluding carboxylic acids is 3. The Bertz CT molecular complexity index is 1090. The average Bonchev–Trinajstić information content (AvgIpc) is 2.89. The van der Waals surface area contributed by atoms with Crippen LogP contribution < -0.4 is 0 Å². The monoisotopic (exact) mass is 422 g/mol. The van der Waals surface area contributed by atoms with Gasteiger partial charge < -0.3 is 4.74 Å². The lowest BCUT2D eigenvalue weighted by Gasteiger charge is -2.04. The number of hydrogen-bond donors (Lipinski definition) is 0. The van der Waals surface area contributed by atoms with Gasteiger partial charge in [-0.25, -0.2) is 4.79 Å². The topological polar surface area (TPSA) is 60.4 Å². The molecule has 4 nitrogen and oxygen atoms in total. The van der Waals surface area contributed by atoms with Crippen molar-refractivity contribution in [2.45, 2.75) is 6.61 Å². The summed E-state index contributed by atoms with van der Waals surface area (Å²) in [6.07, 6.45) is 0. The smallest absolute Gasteiger partial charge is 0.338 e. The largest absolute Gasteiger partial charge is 0.457 e. The number of benzene rings is 4. The van der Waals surface area contributed by atoms with Gasteiger partial charge in [-0.1, -0.05) is 109 Å². The molecule has 158 valence electrons. The summed E-state index contributed by atoms with van der Waals surface area (Å²) in [5.74, 6) is -1.22. The highest BCUT2D eigenvalue weighted by Gasteiger charge is 2.17. The van der Waals surface area contributed by atoms with Crippen LogP contribution in [0.4, 0.5) is 0 Å². The molecule has 0 amide bonds. The Balaban J connectivity index is 0.000000181. The van der Waals surface area contributed by atoms with Crippen LogP contribution in [-0.2, 0) is 11.3 Å². The van der Waals surface area contributed by atoms with Gasteiger partial charge in [0.15, 0.2) is 0 Å². The molecule has 0 radical (unpaired) electrons. The van der Waals surface area contributed by atoms with E-state index in [9.17, 15) is 14.4 Å². The number of ether oxygens (including phenoxy) is 1. The van der Waals surface area contributed by atoms with Crippen LogP contribution >= 0.6 is 0 Å². The van der Waals surface area contributed by atoms with Gasteiger partial charge in [0.2, 0.25) is 11.6 Å². The summed E-state index contributed by atoms with van der Waals surface area (Å²) in [5.41, 5.74) is 2.43. The van der Waals surface area contributed by atoms with E-state index in [1.54, 1.807) is 60.7 Å². The standard InChI is InChI=1S/C14H12O2.C14H10O2/c15-14(13-9-5-2-6-10-13)16-11-12-7-3-1-4-8-12;15-13(11-7-3-1-4-8-11)14(16)12-9-5-2-6-10-12/h1-10H,11H2;1-10H. The highest BCUT2D eigenvalue weighted by Crippen LogP contribution is 2.08. The predicted molar refractivity (Wildman–Crippen MR) is 124 cm³/mol. The summed E-state index contributed by atoms with van der Waals surface area (Å²) in [6, 6.07) is 35.8. The second-order valence-electron chi connectivity index (χ2n) is 6.82. The van der Waals surface area contributed by atoms with Crippen molar-refractivity contribution in [3.05, 3.63) is 144 Å². The third kappa shape index (κ3) is 6.61. The Morgan fingerprint density at radius 1 is 0.469 bits per heavy atom. The highest BCUT2D eigenvalue weighted by atomic mass is 16.5. The van der Waals surface area contributed by atoms with Crippen LogP contribution in [0.2, 0.25) is 0 Å².